The van der Waals surface area contributed by atoms with Crippen LogP contribution in [0.3, 0.4) is 0 Å². The number of rotatable bonds is 3. The van der Waals surface area contributed by atoms with Crippen LogP contribution < -0.4 is 5.32 Å². The number of carbonyl (C=O) groups is 1. The molecule has 2 heterocycles. The van der Waals surface area contributed by atoms with E-state index < -0.39 is 0 Å². The van der Waals surface area contributed by atoms with Gasteiger partial charge in [0.25, 0.3) is 0 Å². The van der Waals surface area contributed by atoms with E-state index in [0.717, 1.165) is 50.8 Å². The molecule has 2 N–H and O–H groups in total. The molecule has 0 aromatic heterocycles. The first-order valence-electron chi connectivity index (χ1n) is 8.00. The quantitative estimate of drug-likeness (QED) is 0.896. The number of hydrogen-bond acceptors (Lipinski definition) is 3. The molecule has 1 unspecified atom stereocenters. The normalized spacial score (nSPS) is 24.9. The minimum atomic E-state index is -0.344. The number of fused-ring (bicyclic) bond motifs is 1. The first kappa shape index (κ1) is 14.4. The summed E-state index contributed by atoms with van der Waals surface area (Å²) in [5.74, 6) is 0.529. The van der Waals surface area contributed by atoms with Crippen LogP contribution in [0.2, 0.25) is 0 Å². The Bertz CT molecular complexity index is 536. The maximum absolute atomic E-state index is 13.0. The van der Waals surface area contributed by atoms with Crippen LogP contribution in [0.15, 0.2) is 18.2 Å². The van der Waals surface area contributed by atoms with Gasteiger partial charge >= 0.3 is 0 Å². The fourth-order valence-electron chi connectivity index (χ4n) is 3.76. The molecule has 3 rings (SSSR count). The van der Waals surface area contributed by atoms with Crippen LogP contribution in [0.1, 0.15) is 43.7 Å². The molecule has 21 heavy (non-hydrogen) atoms. The van der Waals surface area contributed by atoms with Crippen LogP contribution in [-0.4, -0.2) is 34.5 Å². The Labute approximate surface area is 126 Å². The third-order valence-electron chi connectivity index (χ3n) is 4.82. The molecular weight excluding hydrogens is 264 g/mol. The largest absolute Gasteiger partial charge is 0.508 e. The van der Waals surface area contributed by atoms with E-state index in [1.807, 2.05) is 11.0 Å². The Morgan fingerprint density at radius 3 is 3.00 bits per heavy atom. The van der Waals surface area contributed by atoms with E-state index in [9.17, 15) is 9.90 Å². The fraction of sp³-hybridized carbons (Fsp3) is 0.588. The maximum atomic E-state index is 13.0. The van der Waals surface area contributed by atoms with Crippen molar-refractivity contribution in [3.8, 4) is 5.75 Å². The Morgan fingerprint density at radius 2 is 2.29 bits per heavy atom. The molecule has 2 aliphatic rings. The zero-order valence-corrected chi connectivity index (χ0v) is 12.7. The van der Waals surface area contributed by atoms with Crippen LogP contribution in [-0.2, 0) is 17.8 Å². The first-order valence-corrected chi connectivity index (χ1v) is 8.00. The summed E-state index contributed by atoms with van der Waals surface area (Å²) in [6.07, 6.45) is 4.84. The van der Waals surface area contributed by atoms with Gasteiger partial charge in [-0.3, -0.25) is 4.79 Å². The minimum Gasteiger partial charge on any atom is -0.508 e. The van der Waals surface area contributed by atoms with Crippen molar-refractivity contribution < 1.29 is 9.90 Å². The molecule has 114 valence electrons. The first-order chi connectivity index (χ1) is 10.1. The molecule has 0 radical (unpaired) electrons. The molecule has 1 fully saturated rings. The van der Waals surface area contributed by atoms with Gasteiger partial charge in [0.2, 0.25) is 5.91 Å². The fourth-order valence-corrected chi connectivity index (χ4v) is 3.76. The lowest BCUT2D eigenvalue weighted by Gasteiger charge is -2.37. The van der Waals surface area contributed by atoms with E-state index in [1.165, 1.54) is 5.56 Å². The minimum absolute atomic E-state index is 0.246. The van der Waals surface area contributed by atoms with Gasteiger partial charge < -0.3 is 15.3 Å². The van der Waals surface area contributed by atoms with Gasteiger partial charge in [-0.1, -0.05) is 19.4 Å². The number of aromatic hydroxyl groups is 1. The molecule has 0 aliphatic carbocycles. The summed E-state index contributed by atoms with van der Waals surface area (Å²) in [6, 6.07) is 5.50. The summed E-state index contributed by atoms with van der Waals surface area (Å²) in [4.78, 5) is 15.0. The van der Waals surface area contributed by atoms with Crippen molar-refractivity contribution in [2.24, 2.45) is 0 Å². The van der Waals surface area contributed by atoms with Crippen molar-refractivity contribution in [1.82, 2.24) is 10.2 Å². The zero-order valence-electron chi connectivity index (χ0n) is 12.7. The molecular formula is C17H24N2O2. The number of hydrogen-bond donors (Lipinski definition) is 2. The van der Waals surface area contributed by atoms with Gasteiger partial charge in [-0.2, -0.15) is 0 Å². The lowest BCUT2D eigenvalue weighted by Crippen LogP contribution is -2.55. The number of carbonyl (C=O) groups excluding carboxylic acids is 1. The van der Waals surface area contributed by atoms with Gasteiger partial charge in [0, 0.05) is 13.1 Å². The van der Waals surface area contributed by atoms with Crippen LogP contribution in [0.5, 0.6) is 5.75 Å². The Hall–Kier alpha value is -1.55. The number of phenolic OH excluding ortho intramolecular Hbond substituents is 1. The molecule has 0 saturated carbocycles. The second-order valence-corrected chi connectivity index (χ2v) is 6.29. The molecule has 2 aliphatic heterocycles. The number of amides is 1. The van der Waals surface area contributed by atoms with Crippen molar-refractivity contribution in [3.05, 3.63) is 29.3 Å². The van der Waals surface area contributed by atoms with Gasteiger partial charge in [0.05, 0.1) is 5.54 Å². The smallest absolute Gasteiger partial charge is 0.243 e. The number of phenols is 1. The Morgan fingerprint density at radius 1 is 1.43 bits per heavy atom. The molecule has 1 aromatic carbocycles. The molecule has 0 bridgehead atoms. The summed E-state index contributed by atoms with van der Waals surface area (Å²) < 4.78 is 0. The van der Waals surface area contributed by atoms with Crippen molar-refractivity contribution in [3.63, 3.8) is 0 Å². The van der Waals surface area contributed by atoms with Gasteiger partial charge in [-0.15, -0.1) is 0 Å². The number of benzene rings is 1. The third-order valence-corrected chi connectivity index (χ3v) is 4.82. The summed E-state index contributed by atoms with van der Waals surface area (Å²) >= 11 is 0. The molecule has 1 atom stereocenters. The standard InChI is InChI=1S/C17H24N2O2/c1-2-7-17(8-3-9-18-17)16(21)19-10-6-13-4-5-15(20)11-14(13)12-19/h4-5,11,18,20H,2-3,6-10,12H2,1H3. The maximum Gasteiger partial charge on any atom is 0.243 e. The van der Waals surface area contributed by atoms with Gasteiger partial charge in [0.1, 0.15) is 5.75 Å². The molecule has 1 amide bonds. The summed E-state index contributed by atoms with van der Waals surface area (Å²) in [5, 5.41) is 13.1. The van der Waals surface area contributed by atoms with E-state index in [-0.39, 0.29) is 17.2 Å². The van der Waals surface area contributed by atoms with Crippen molar-refractivity contribution >= 4 is 5.91 Å². The van der Waals surface area contributed by atoms with Crippen molar-refractivity contribution in [2.45, 2.75) is 51.1 Å². The van der Waals surface area contributed by atoms with Crippen molar-refractivity contribution in [1.29, 1.82) is 0 Å². The number of nitrogens with zero attached hydrogens (tertiary/aromatic N) is 1. The zero-order chi connectivity index (χ0) is 14.9. The van der Waals surface area contributed by atoms with E-state index in [4.69, 9.17) is 0 Å². The molecule has 1 saturated heterocycles. The van der Waals surface area contributed by atoms with Gasteiger partial charge in [0.15, 0.2) is 0 Å². The van der Waals surface area contributed by atoms with E-state index in [2.05, 4.69) is 12.2 Å². The highest BCUT2D eigenvalue weighted by Gasteiger charge is 2.42. The SMILES string of the molecule is CCCC1(C(=O)N2CCc3ccc(O)cc3C2)CCCN1. The van der Waals surface area contributed by atoms with Crippen LogP contribution in [0, 0.1) is 0 Å². The molecule has 0 spiro atoms. The molecule has 1 aromatic rings. The highest BCUT2D eigenvalue weighted by atomic mass is 16.3. The van der Waals surface area contributed by atoms with Gasteiger partial charge in [-0.05, 0) is 55.5 Å². The topological polar surface area (TPSA) is 52.6 Å². The summed E-state index contributed by atoms with van der Waals surface area (Å²) in [5.41, 5.74) is 1.99. The summed E-state index contributed by atoms with van der Waals surface area (Å²) in [7, 11) is 0. The predicted octanol–water partition coefficient (Wildman–Crippen LogP) is 2.20. The summed E-state index contributed by atoms with van der Waals surface area (Å²) in [6.45, 7) is 4.48. The molecule has 4 heteroatoms. The van der Waals surface area contributed by atoms with Gasteiger partial charge in [-0.25, -0.2) is 0 Å². The van der Waals surface area contributed by atoms with Crippen LogP contribution >= 0.6 is 0 Å². The predicted molar refractivity (Wildman–Crippen MR) is 82.1 cm³/mol. The Balaban J connectivity index is 1.80. The Kier molecular flexibility index (Phi) is 3.89. The molecule has 4 nitrogen and oxygen atoms in total. The lowest BCUT2D eigenvalue weighted by atomic mass is 9.88. The third kappa shape index (κ3) is 2.64. The van der Waals surface area contributed by atoms with E-state index in [1.54, 1.807) is 12.1 Å². The lowest BCUT2D eigenvalue weighted by molar-refractivity contribution is -0.139. The van der Waals surface area contributed by atoms with Crippen molar-refractivity contribution in [2.75, 3.05) is 13.1 Å². The highest BCUT2D eigenvalue weighted by molar-refractivity contribution is 5.87. The van der Waals surface area contributed by atoms with Crippen LogP contribution in [0.25, 0.3) is 0 Å². The van der Waals surface area contributed by atoms with E-state index >= 15 is 0 Å². The van der Waals surface area contributed by atoms with E-state index in [0.29, 0.717) is 6.54 Å². The highest BCUT2D eigenvalue weighted by Crippen LogP contribution is 2.30. The second kappa shape index (κ2) is 5.68. The average Bonchev–Trinajstić information content (AvgIpc) is 2.96. The number of nitrogens with one attached hydrogen (secondary N) is 1. The van der Waals surface area contributed by atoms with Crippen LogP contribution in [0.4, 0.5) is 0 Å². The second-order valence-electron chi connectivity index (χ2n) is 6.29. The average molecular weight is 288 g/mol. The monoisotopic (exact) mass is 288 g/mol.